The second-order valence-corrected chi connectivity index (χ2v) is 7.75. The first kappa shape index (κ1) is 18.3. The van der Waals surface area contributed by atoms with Crippen molar-refractivity contribution in [3.63, 3.8) is 0 Å². The van der Waals surface area contributed by atoms with E-state index in [1.165, 1.54) is 4.31 Å². The van der Waals surface area contributed by atoms with Crippen LogP contribution in [0.2, 0.25) is 5.02 Å². The SMILES string of the molecule is Cc1ccc(N(CCC(=O)Nc2ccccc2)S(C)(=O)=O)cc1Cl. The molecule has 0 unspecified atom stereocenters. The van der Waals surface area contributed by atoms with Gasteiger partial charge in [0, 0.05) is 23.7 Å². The lowest BCUT2D eigenvalue weighted by molar-refractivity contribution is -0.116. The highest BCUT2D eigenvalue weighted by Gasteiger charge is 2.19. The summed E-state index contributed by atoms with van der Waals surface area (Å²) in [5.41, 5.74) is 1.98. The number of rotatable bonds is 6. The van der Waals surface area contributed by atoms with E-state index in [0.717, 1.165) is 11.8 Å². The van der Waals surface area contributed by atoms with Crippen molar-refractivity contribution >= 4 is 38.9 Å². The zero-order valence-corrected chi connectivity index (χ0v) is 15.1. The topological polar surface area (TPSA) is 66.5 Å². The van der Waals surface area contributed by atoms with Crippen molar-refractivity contribution in [2.75, 3.05) is 22.4 Å². The fourth-order valence-corrected chi connectivity index (χ4v) is 3.27. The van der Waals surface area contributed by atoms with Crippen molar-refractivity contribution in [3.05, 3.63) is 59.1 Å². The van der Waals surface area contributed by atoms with E-state index in [2.05, 4.69) is 5.32 Å². The Labute approximate surface area is 147 Å². The van der Waals surface area contributed by atoms with Gasteiger partial charge in [-0.25, -0.2) is 8.42 Å². The predicted octanol–water partition coefficient (Wildman–Crippen LogP) is 3.44. The van der Waals surface area contributed by atoms with Gasteiger partial charge in [0.15, 0.2) is 0 Å². The smallest absolute Gasteiger partial charge is 0.232 e. The maximum absolute atomic E-state index is 12.1. The Morgan fingerprint density at radius 3 is 2.42 bits per heavy atom. The zero-order valence-electron chi connectivity index (χ0n) is 13.5. The Morgan fingerprint density at radius 1 is 1.17 bits per heavy atom. The number of para-hydroxylation sites is 1. The number of nitrogens with one attached hydrogen (secondary N) is 1. The highest BCUT2D eigenvalue weighted by molar-refractivity contribution is 7.92. The third kappa shape index (κ3) is 4.97. The van der Waals surface area contributed by atoms with Crippen LogP contribution in [0.3, 0.4) is 0 Å². The van der Waals surface area contributed by atoms with Crippen LogP contribution in [0.1, 0.15) is 12.0 Å². The van der Waals surface area contributed by atoms with Crippen molar-refractivity contribution < 1.29 is 13.2 Å². The average Bonchev–Trinajstić information content (AvgIpc) is 2.50. The molecule has 24 heavy (non-hydrogen) atoms. The second kappa shape index (κ2) is 7.68. The van der Waals surface area contributed by atoms with Gasteiger partial charge in [-0.3, -0.25) is 9.10 Å². The Morgan fingerprint density at radius 2 is 1.83 bits per heavy atom. The number of sulfonamides is 1. The molecule has 5 nitrogen and oxygen atoms in total. The molecule has 2 rings (SSSR count). The van der Waals surface area contributed by atoms with E-state index in [-0.39, 0.29) is 18.9 Å². The standard InChI is InChI=1S/C17H19ClN2O3S/c1-13-8-9-15(12-16(13)18)20(24(2,22)23)11-10-17(21)19-14-6-4-3-5-7-14/h3-9,12H,10-11H2,1-2H3,(H,19,21). The van der Waals surface area contributed by atoms with Crippen LogP contribution in [0.25, 0.3) is 0 Å². The first-order chi connectivity index (χ1) is 11.3. The summed E-state index contributed by atoms with van der Waals surface area (Å²) in [6, 6.07) is 14.0. The van der Waals surface area contributed by atoms with Crippen LogP contribution in [-0.4, -0.2) is 27.1 Å². The van der Waals surface area contributed by atoms with E-state index < -0.39 is 10.0 Å². The molecule has 0 saturated carbocycles. The number of anilines is 2. The zero-order chi connectivity index (χ0) is 17.7. The molecule has 0 aliphatic heterocycles. The molecule has 0 aliphatic rings. The summed E-state index contributed by atoms with van der Waals surface area (Å²) in [5, 5.41) is 3.22. The average molecular weight is 367 g/mol. The molecule has 2 aromatic carbocycles. The fraction of sp³-hybridized carbons (Fsp3) is 0.235. The molecule has 0 saturated heterocycles. The van der Waals surface area contributed by atoms with Crippen LogP contribution in [0, 0.1) is 6.92 Å². The third-order valence-corrected chi connectivity index (χ3v) is 5.04. The predicted molar refractivity (Wildman–Crippen MR) is 98.1 cm³/mol. The maximum atomic E-state index is 12.1. The summed E-state index contributed by atoms with van der Waals surface area (Å²) in [5.74, 6) is -0.256. The summed E-state index contributed by atoms with van der Waals surface area (Å²) in [6.07, 6.45) is 1.14. The van der Waals surface area contributed by atoms with Gasteiger partial charge in [0.1, 0.15) is 0 Å². The molecule has 0 spiro atoms. The molecule has 0 fully saturated rings. The number of hydrogen-bond acceptors (Lipinski definition) is 3. The van der Waals surface area contributed by atoms with Crippen molar-refractivity contribution in [1.82, 2.24) is 0 Å². The van der Waals surface area contributed by atoms with Crippen LogP contribution in [0.15, 0.2) is 48.5 Å². The first-order valence-electron chi connectivity index (χ1n) is 7.36. The largest absolute Gasteiger partial charge is 0.326 e. The van der Waals surface area contributed by atoms with Gasteiger partial charge in [0.25, 0.3) is 0 Å². The lowest BCUT2D eigenvalue weighted by Gasteiger charge is -2.22. The molecule has 0 radical (unpaired) electrons. The van der Waals surface area contributed by atoms with Crippen LogP contribution in [-0.2, 0) is 14.8 Å². The van der Waals surface area contributed by atoms with Crippen molar-refractivity contribution in [3.8, 4) is 0 Å². The molecule has 0 aromatic heterocycles. The maximum Gasteiger partial charge on any atom is 0.232 e. The summed E-state index contributed by atoms with van der Waals surface area (Å²) in [6.45, 7) is 1.88. The molecular formula is C17H19ClN2O3S. The van der Waals surface area contributed by atoms with Crippen molar-refractivity contribution in [2.45, 2.75) is 13.3 Å². The van der Waals surface area contributed by atoms with Gasteiger partial charge in [-0.05, 0) is 36.8 Å². The number of hydrogen-bond donors (Lipinski definition) is 1. The quantitative estimate of drug-likeness (QED) is 0.851. The van der Waals surface area contributed by atoms with Crippen molar-refractivity contribution in [1.29, 1.82) is 0 Å². The van der Waals surface area contributed by atoms with Crippen LogP contribution in [0.4, 0.5) is 11.4 Å². The molecule has 7 heteroatoms. The van der Waals surface area contributed by atoms with Gasteiger partial charge in [-0.2, -0.15) is 0 Å². The van der Waals surface area contributed by atoms with Gasteiger partial charge in [0.05, 0.1) is 11.9 Å². The molecule has 0 aliphatic carbocycles. The highest BCUT2D eigenvalue weighted by Crippen LogP contribution is 2.25. The first-order valence-corrected chi connectivity index (χ1v) is 9.59. The van der Waals surface area contributed by atoms with Crippen LogP contribution in [0.5, 0.6) is 0 Å². The molecule has 128 valence electrons. The Balaban J connectivity index is 2.10. The molecule has 0 heterocycles. The molecule has 2 aromatic rings. The van der Waals surface area contributed by atoms with E-state index in [4.69, 9.17) is 11.6 Å². The lowest BCUT2D eigenvalue weighted by atomic mass is 10.2. The van der Waals surface area contributed by atoms with Crippen LogP contribution < -0.4 is 9.62 Å². The minimum absolute atomic E-state index is 0.0352. The Kier molecular flexibility index (Phi) is 5.85. The van der Waals surface area contributed by atoms with Crippen LogP contribution >= 0.6 is 11.6 Å². The van der Waals surface area contributed by atoms with Gasteiger partial charge in [-0.15, -0.1) is 0 Å². The Hall–Kier alpha value is -2.05. The van der Waals surface area contributed by atoms with E-state index in [1.807, 2.05) is 25.1 Å². The normalized spacial score (nSPS) is 11.1. The molecule has 0 bridgehead atoms. The number of amides is 1. The number of carbonyl (C=O) groups is 1. The summed E-state index contributed by atoms with van der Waals surface area (Å²) >= 11 is 6.08. The number of halogens is 1. The Bertz CT molecular complexity index is 823. The third-order valence-electron chi connectivity index (χ3n) is 3.44. The number of benzene rings is 2. The van der Waals surface area contributed by atoms with E-state index >= 15 is 0 Å². The number of aryl methyl sites for hydroxylation is 1. The summed E-state index contributed by atoms with van der Waals surface area (Å²) in [4.78, 5) is 12.0. The van der Waals surface area contributed by atoms with Gasteiger partial charge in [-0.1, -0.05) is 35.9 Å². The fourth-order valence-electron chi connectivity index (χ4n) is 2.17. The molecule has 0 atom stereocenters. The minimum Gasteiger partial charge on any atom is -0.326 e. The lowest BCUT2D eigenvalue weighted by Crippen LogP contribution is -2.33. The molecule has 1 N–H and O–H groups in total. The van der Waals surface area contributed by atoms with Crippen molar-refractivity contribution in [2.24, 2.45) is 0 Å². The summed E-state index contributed by atoms with van der Waals surface area (Å²) < 4.78 is 25.3. The van der Waals surface area contributed by atoms with E-state index in [1.54, 1.807) is 30.3 Å². The minimum atomic E-state index is -3.52. The van der Waals surface area contributed by atoms with E-state index in [9.17, 15) is 13.2 Å². The number of nitrogens with zero attached hydrogens (tertiary/aromatic N) is 1. The molecular weight excluding hydrogens is 348 g/mol. The van der Waals surface area contributed by atoms with Gasteiger partial charge < -0.3 is 5.32 Å². The van der Waals surface area contributed by atoms with Gasteiger partial charge >= 0.3 is 0 Å². The second-order valence-electron chi connectivity index (χ2n) is 5.43. The highest BCUT2D eigenvalue weighted by atomic mass is 35.5. The van der Waals surface area contributed by atoms with Gasteiger partial charge in [0.2, 0.25) is 15.9 Å². The molecule has 1 amide bonds. The monoisotopic (exact) mass is 366 g/mol. The van der Waals surface area contributed by atoms with E-state index in [0.29, 0.717) is 16.4 Å². The summed E-state index contributed by atoms with van der Waals surface area (Å²) in [7, 11) is -3.52. The number of carbonyl (C=O) groups excluding carboxylic acids is 1.